The summed E-state index contributed by atoms with van der Waals surface area (Å²) in [6, 6.07) is 4.76. The first kappa shape index (κ1) is 14.6. The standard InChI is InChI=1S/C12H16BrN3O2/c1-8(2)12(15(3)4)14-9-5-6-11(16(17)18)10(13)7-9/h5-8H,1-4H3. The highest BCUT2D eigenvalue weighted by Crippen LogP contribution is 2.29. The third-order valence-electron chi connectivity index (χ3n) is 2.35. The fourth-order valence-electron chi connectivity index (χ4n) is 1.59. The van der Waals surface area contributed by atoms with Gasteiger partial charge in [-0.3, -0.25) is 10.1 Å². The van der Waals surface area contributed by atoms with Crippen molar-refractivity contribution in [3.63, 3.8) is 0 Å². The Labute approximate surface area is 115 Å². The van der Waals surface area contributed by atoms with Crippen LogP contribution in [0.25, 0.3) is 0 Å². The van der Waals surface area contributed by atoms with Crippen LogP contribution in [0.2, 0.25) is 0 Å². The fourth-order valence-corrected chi connectivity index (χ4v) is 2.10. The van der Waals surface area contributed by atoms with E-state index in [2.05, 4.69) is 34.8 Å². The molecule has 0 N–H and O–H groups in total. The molecule has 18 heavy (non-hydrogen) atoms. The van der Waals surface area contributed by atoms with Gasteiger partial charge in [-0.05, 0) is 28.1 Å². The normalized spacial score (nSPS) is 11.8. The molecule has 5 nitrogen and oxygen atoms in total. The third-order valence-corrected chi connectivity index (χ3v) is 2.98. The Kier molecular flexibility index (Phi) is 4.84. The summed E-state index contributed by atoms with van der Waals surface area (Å²) in [5.74, 6) is 1.21. The van der Waals surface area contributed by atoms with Crippen molar-refractivity contribution >= 4 is 33.1 Å². The largest absolute Gasteiger partial charge is 0.366 e. The van der Waals surface area contributed by atoms with Gasteiger partial charge in [0.2, 0.25) is 0 Å². The van der Waals surface area contributed by atoms with Crippen LogP contribution in [0.5, 0.6) is 0 Å². The predicted molar refractivity (Wildman–Crippen MR) is 76.4 cm³/mol. The van der Waals surface area contributed by atoms with Crippen molar-refractivity contribution in [3.05, 3.63) is 32.8 Å². The van der Waals surface area contributed by atoms with E-state index in [0.29, 0.717) is 10.2 Å². The number of nitro groups is 1. The molecule has 0 aliphatic rings. The number of nitro benzene ring substituents is 1. The van der Waals surface area contributed by atoms with Gasteiger partial charge in [-0.25, -0.2) is 4.99 Å². The lowest BCUT2D eigenvalue weighted by Crippen LogP contribution is -2.26. The highest BCUT2D eigenvalue weighted by molar-refractivity contribution is 9.10. The smallest absolute Gasteiger partial charge is 0.283 e. The van der Waals surface area contributed by atoms with E-state index in [-0.39, 0.29) is 11.6 Å². The molecule has 1 aromatic rings. The number of hydrogen-bond donors (Lipinski definition) is 0. The van der Waals surface area contributed by atoms with E-state index in [1.807, 2.05) is 19.0 Å². The third kappa shape index (κ3) is 3.53. The molecule has 0 unspecified atom stereocenters. The number of amidine groups is 1. The van der Waals surface area contributed by atoms with Crippen molar-refractivity contribution in [2.24, 2.45) is 10.9 Å². The van der Waals surface area contributed by atoms with E-state index >= 15 is 0 Å². The van der Waals surface area contributed by atoms with Crippen LogP contribution in [0.15, 0.2) is 27.7 Å². The molecule has 0 fully saturated rings. The molecule has 98 valence electrons. The number of hydrogen-bond acceptors (Lipinski definition) is 3. The molecule has 0 amide bonds. The van der Waals surface area contributed by atoms with Gasteiger partial charge in [0, 0.05) is 26.1 Å². The van der Waals surface area contributed by atoms with E-state index in [9.17, 15) is 10.1 Å². The van der Waals surface area contributed by atoms with Crippen molar-refractivity contribution < 1.29 is 4.92 Å². The van der Waals surface area contributed by atoms with E-state index in [1.54, 1.807) is 12.1 Å². The van der Waals surface area contributed by atoms with E-state index in [4.69, 9.17) is 0 Å². The van der Waals surface area contributed by atoms with Crippen LogP contribution in [0, 0.1) is 16.0 Å². The van der Waals surface area contributed by atoms with Crippen LogP contribution in [-0.4, -0.2) is 29.8 Å². The Hall–Kier alpha value is -1.43. The molecule has 0 aliphatic carbocycles. The Morgan fingerprint density at radius 3 is 2.44 bits per heavy atom. The van der Waals surface area contributed by atoms with Crippen LogP contribution < -0.4 is 0 Å². The first-order chi connectivity index (χ1) is 8.32. The second-order valence-corrected chi connectivity index (χ2v) is 5.27. The van der Waals surface area contributed by atoms with Crippen LogP contribution in [-0.2, 0) is 0 Å². The van der Waals surface area contributed by atoms with Crippen molar-refractivity contribution in [1.29, 1.82) is 0 Å². The lowest BCUT2D eigenvalue weighted by molar-refractivity contribution is -0.385. The summed E-state index contributed by atoms with van der Waals surface area (Å²) < 4.78 is 0.440. The number of benzene rings is 1. The lowest BCUT2D eigenvalue weighted by atomic mass is 10.2. The zero-order valence-electron chi connectivity index (χ0n) is 10.8. The molecule has 1 rings (SSSR count). The predicted octanol–water partition coefficient (Wildman–Crippen LogP) is 3.60. The van der Waals surface area contributed by atoms with E-state index < -0.39 is 4.92 Å². The SMILES string of the molecule is CC(C)C(=Nc1ccc([N+](=O)[O-])c(Br)c1)N(C)C. The van der Waals surface area contributed by atoms with Gasteiger partial charge in [0.25, 0.3) is 5.69 Å². The average Bonchev–Trinajstić information content (AvgIpc) is 2.24. The number of aliphatic imine (C=N–C) groups is 1. The van der Waals surface area contributed by atoms with Gasteiger partial charge in [-0.1, -0.05) is 13.8 Å². The van der Waals surface area contributed by atoms with Crippen molar-refractivity contribution in [2.75, 3.05) is 14.1 Å². The Bertz CT molecular complexity index is 474. The zero-order valence-corrected chi connectivity index (χ0v) is 12.4. The van der Waals surface area contributed by atoms with Gasteiger partial charge < -0.3 is 4.90 Å². The van der Waals surface area contributed by atoms with E-state index in [0.717, 1.165) is 5.84 Å². The molecule has 0 heterocycles. The number of halogens is 1. The van der Waals surface area contributed by atoms with Gasteiger partial charge in [-0.2, -0.15) is 0 Å². The molecule has 0 bridgehead atoms. The van der Waals surface area contributed by atoms with Gasteiger partial charge in [0.15, 0.2) is 0 Å². The first-order valence-corrected chi connectivity index (χ1v) is 6.32. The summed E-state index contributed by atoms with van der Waals surface area (Å²) in [4.78, 5) is 16.7. The minimum Gasteiger partial charge on any atom is -0.366 e. The van der Waals surface area contributed by atoms with Crippen molar-refractivity contribution in [3.8, 4) is 0 Å². The van der Waals surface area contributed by atoms with Gasteiger partial charge >= 0.3 is 0 Å². The fraction of sp³-hybridized carbons (Fsp3) is 0.417. The van der Waals surface area contributed by atoms with Crippen LogP contribution in [0.3, 0.4) is 0 Å². The quantitative estimate of drug-likeness (QED) is 0.371. The minimum absolute atomic E-state index is 0.0462. The van der Waals surface area contributed by atoms with Gasteiger partial charge in [0.05, 0.1) is 15.1 Å². The molecule has 0 saturated carbocycles. The molecule has 0 atom stereocenters. The second kappa shape index (κ2) is 5.95. The Morgan fingerprint density at radius 2 is 2.06 bits per heavy atom. The maximum atomic E-state index is 10.7. The van der Waals surface area contributed by atoms with Crippen LogP contribution >= 0.6 is 15.9 Å². The summed E-state index contributed by atoms with van der Waals surface area (Å²) in [6.45, 7) is 4.11. The van der Waals surface area contributed by atoms with Gasteiger partial charge in [-0.15, -0.1) is 0 Å². The number of rotatable bonds is 3. The Balaban J connectivity index is 3.15. The van der Waals surface area contributed by atoms with Crippen molar-refractivity contribution in [1.82, 2.24) is 4.90 Å². The van der Waals surface area contributed by atoms with Crippen LogP contribution in [0.1, 0.15) is 13.8 Å². The Morgan fingerprint density at radius 1 is 1.44 bits per heavy atom. The maximum absolute atomic E-state index is 10.7. The maximum Gasteiger partial charge on any atom is 0.283 e. The molecular weight excluding hydrogens is 298 g/mol. The molecule has 0 spiro atoms. The summed E-state index contributed by atoms with van der Waals surface area (Å²) >= 11 is 3.19. The molecule has 6 heteroatoms. The molecule has 0 aliphatic heterocycles. The summed E-state index contributed by atoms with van der Waals surface area (Å²) in [7, 11) is 3.86. The van der Waals surface area contributed by atoms with Crippen LogP contribution in [0.4, 0.5) is 11.4 Å². The molecule has 0 aromatic heterocycles. The lowest BCUT2D eigenvalue weighted by Gasteiger charge is -2.19. The summed E-state index contributed by atoms with van der Waals surface area (Å²) in [6.07, 6.45) is 0. The summed E-state index contributed by atoms with van der Waals surface area (Å²) in [5.41, 5.74) is 0.745. The monoisotopic (exact) mass is 313 g/mol. The molecule has 0 saturated heterocycles. The highest BCUT2D eigenvalue weighted by atomic mass is 79.9. The van der Waals surface area contributed by atoms with Gasteiger partial charge in [0.1, 0.15) is 5.84 Å². The summed E-state index contributed by atoms with van der Waals surface area (Å²) in [5, 5.41) is 10.7. The topological polar surface area (TPSA) is 58.7 Å². The average molecular weight is 314 g/mol. The van der Waals surface area contributed by atoms with Crippen molar-refractivity contribution in [2.45, 2.75) is 13.8 Å². The number of nitrogens with zero attached hydrogens (tertiary/aromatic N) is 3. The highest BCUT2D eigenvalue weighted by Gasteiger charge is 2.13. The molecular formula is C12H16BrN3O2. The van der Waals surface area contributed by atoms with E-state index in [1.165, 1.54) is 6.07 Å². The molecule has 0 radical (unpaired) electrons. The molecule has 1 aromatic carbocycles. The minimum atomic E-state index is -0.424. The zero-order chi connectivity index (χ0) is 13.9. The second-order valence-electron chi connectivity index (χ2n) is 4.41. The first-order valence-electron chi connectivity index (χ1n) is 5.52.